The molecule has 0 radical (unpaired) electrons. The molecule has 0 aliphatic heterocycles. The van der Waals surface area contributed by atoms with Crippen molar-refractivity contribution >= 4 is 23.2 Å². The van der Waals surface area contributed by atoms with Gasteiger partial charge < -0.3 is 15.4 Å². The highest BCUT2D eigenvalue weighted by Crippen LogP contribution is 2.26. The van der Waals surface area contributed by atoms with Gasteiger partial charge in [0.05, 0.1) is 24.3 Å². The molecule has 0 aliphatic carbocycles. The molecule has 180 valence electrons. The van der Waals surface area contributed by atoms with E-state index in [4.69, 9.17) is 4.74 Å². The molecule has 4 rings (SSSR count). The molecular weight excluding hydrogens is 477 g/mol. The molecule has 3 aromatic heterocycles. The van der Waals surface area contributed by atoms with E-state index in [1.54, 1.807) is 0 Å². The molecule has 9 nitrogen and oxygen atoms in total. The zero-order chi connectivity index (χ0) is 25.0. The third kappa shape index (κ3) is 6.04. The molecule has 0 saturated carbocycles. The number of nitrogens with zero attached hydrogens (tertiary/aromatic N) is 5. The van der Waals surface area contributed by atoms with Gasteiger partial charge in [-0.1, -0.05) is 0 Å². The van der Waals surface area contributed by atoms with Crippen LogP contribution in [0.5, 0.6) is 5.75 Å². The Labute approximate surface area is 193 Å². The predicted octanol–water partition coefficient (Wildman–Crippen LogP) is 4.27. The van der Waals surface area contributed by atoms with Crippen LogP contribution in [0.4, 0.5) is 39.3 Å². The van der Waals surface area contributed by atoms with Gasteiger partial charge in [0.15, 0.2) is 6.61 Å². The van der Waals surface area contributed by atoms with Crippen molar-refractivity contribution in [1.29, 1.82) is 0 Å². The fourth-order valence-corrected chi connectivity index (χ4v) is 2.80. The van der Waals surface area contributed by atoms with Gasteiger partial charge in [0.1, 0.15) is 34.5 Å². The van der Waals surface area contributed by atoms with Gasteiger partial charge in [-0.25, -0.2) is 23.4 Å². The van der Waals surface area contributed by atoms with Crippen LogP contribution in [0.2, 0.25) is 0 Å². The van der Waals surface area contributed by atoms with Crippen LogP contribution in [-0.4, -0.2) is 43.4 Å². The number of halogens is 5. The number of carbonyl (C=O) groups excluding carboxylic acids is 1. The Kier molecular flexibility index (Phi) is 6.53. The maximum absolute atomic E-state index is 14.0. The number of hydrogen-bond acceptors (Lipinski definition) is 7. The van der Waals surface area contributed by atoms with Crippen molar-refractivity contribution in [3.05, 3.63) is 78.6 Å². The number of benzene rings is 1. The largest absolute Gasteiger partial charge is 0.482 e. The normalized spacial score (nSPS) is 11.2. The first-order chi connectivity index (χ1) is 16.7. The van der Waals surface area contributed by atoms with E-state index in [0.29, 0.717) is 5.69 Å². The van der Waals surface area contributed by atoms with E-state index >= 15 is 0 Å². The van der Waals surface area contributed by atoms with Gasteiger partial charge in [0, 0.05) is 24.5 Å². The van der Waals surface area contributed by atoms with Crippen molar-refractivity contribution in [2.24, 2.45) is 0 Å². The van der Waals surface area contributed by atoms with Crippen LogP contribution >= 0.6 is 0 Å². The van der Waals surface area contributed by atoms with Crippen LogP contribution < -0.4 is 15.4 Å². The van der Waals surface area contributed by atoms with Gasteiger partial charge in [-0.15, -0.1) is 0 Å². The van der Waals surface area contributed by atoms with Gasteiger partial charge in [-0.05, 0) is 18.2 Å². The van der Waals surface area contributed by atoms with E-state index in [0.717, 1.165) is 29.1 Å². The summed E-state index contributed by atoms with van der Waals surface area (Å²) in [5.41, 5.74) is -0.0293. The second kappa shape index (κ2) is 9.70. The number of ether oxygens (including phenoxy) is 1. The highest BCUT2D eigenvalue weighted by atomic mass is 19.4. The number of aromatic nitrogens is 5. The molecule has 0 saturated heterocycles. The fraction of sp³-hybridized carbons (Fsp3) is 0.0952. The van der Waals surface area contributed by atoms with E-state index in [-0.39, 0.29) is 28.8 Å². The molecule has 35 heavy (non-hydrogen) atoms. The van der Waals surface area contributed by atoms with E-state index in [2.05, 4.69) is 30.7 Å². The summed E-state index contributed by atoms with van der Waals surface area (Å²) in [6.45, 7) is -1.55. The van der Waals surface area contributed by atoms with Crippen molar-refractivity contribution < 1.29 is 31.5 Å². The Morgan fingerprint density at radius 3 is 2.71 bits per heavy atom. The summed E-state index contributed by atoms with van der Waals surface area (Å²) in [6, 6.07) is 5.36. The van der Waals surface area contributed by atoms with E-state index in [9.17, 15) is 26.7 Å². The van der Waals surface area contributed by atoms with Gasteiger partial charge in [-0.3, -0.25) is 9.78 Å². The summed E-state index contributed by atoms with van der Waals surface area (Å²) in [7, 11) is 0. The first kappa shape index (κ1) is 23.5. The SMILES string of the molecule is O=C(Nc1cnccc1OCC(F)(F)F)c1ccnc(Nc2cnn(-c3cc(F)ccc3F)c2)n1. The smallest absolute Gasteiger partial charge is 0.422 e. The Bertz CT molecular complexity index is 1360. The number of anilines is 3. The zero-order valence-corrected chi connectivity index (χ0v) is 17.4. The fourth-order valence-electron chi connectivity index (χ4n) is 2.80. The first-order valence-electron chi connectivity index (χ1n) is 9.73. The number of pyridine rings is 1. The van der Waals surface area contributed by atoms with Crippen molar-refractivity contribution in [3.8, 4) is 11.4 Å². The Hall–Kier alpha value is -4.62. The van der Waals surface area contributed by atoms with E-state index in [1.165, 1.54) is 36.9 Å². The molecule has 0 atom stereocenters. The van der Waals surface area contributed by atoms with Crippen LogP contribution in [-0.2, 0) is 0 Å². The molecule has 0 fully saturated rings. The Morgan fingerprint density at radius 2 is 1.91 bits per heavy atom. The van der Waals surface area contributed by atoms with Crippen molar-refractivity contribution in [2.45, 2.75) is 6.18 Å². The average Bonchev–Trinajstić information content (AvgIpc) is 3.28. The molecule has 3 heterocycles. The van der Waals surface area contributed by atoms with E-state index < -0.39 is 30.3 Å². The lowest BCUT2D eigenvalue weighted by Crippen LogP contribution is -2.21. The second-order valence-corrected chi connectivity index (χ2v) is 6.89. The molecule has 4 aromatic rings. The molecule has 0 bridgehead atoms. The maximum atomic E-state index is 14.0. The number of carbonyl (C=O) groups is 1. The number of amides is 1. The number of rotatable bonds is 7. The summed E-state index contributed by atoms with van der Waals surface area (Å²) in [6.07, 6.45) is 1.71. The quantitative estimate of drug-likeness (QED) is 0.372. The van der Waals surface area contributed by atoms with Crippen LogP contribution in [0.3, 0.4) is 0 Å². The molecule has 2 N–H and O–H groups in total. The van der Waals surface area contributed by atoms with Gasteiger partial charge >= 0.3 is 6.18 Å². The molecule has 0 aliphatic rings. The minimum absolute atomic E-state index is 0.0309. The minimum Gasteiger partial charge on any atom is -0.482 e. The zero-order valence-electron chi connectivity index (χ0n) is 17.4. The average molecular weight is 491 g/mol. The topological polar surface area (TPSA) is 107 Å². The minimum atomic E-state index is -4.56. The third-order valence-electron chi connectivity index (χ3n) is 4.30. The summed E-state index contributed by atoms with van der Waals surface area (Å²) in [4.78, 5) is 24.4. The van der Waals surface area contributed by atoms with Gasteiger partial charge in [-0.2, -0.15) is 18.3 Å². The first-order valence-corrected chi connectivity index (χ1v) is 9.73. The van der Waals surface area contributed by atoms with Crippen molar-refractivity contribution in [3.63, 3.8) is 0 Å². The number of nitrogens with one attached hydrogen (secondary N) is 2. The summed E-state index contributed by atoms with van der Waals surface area (Å²) in [5.74, 6) is -2.36. The standard InChI is InChI=1S/C21H14F5N7O2/c22-12-1-2-14(23)17(7-12)33-10-13(8-29-33)30-20-28-6-3-15(32-20)19(34)31-16-9-27-5-4-18(16)35-11-21(24,25)26/h1-10H,11H2,(H,31,34)(H,28,30,32). The molecule has 0 spiro atoms. The second-order valence-electron chi connectivity index (χ2n) is 6.89. The monoisotopic (exact) mass is 491 g/mol. The number of alkyl halides is 3. The van der Waals surface area contributed by atoms with Crippen molar-refractivity contribution in [1.82, 2.24) is 24.7 Å². The predicted molar refractivity (Wildman–Crippen MR) is 113 cm³/mol. The Balaban J connectivity index is 1.47. The molecular formula is C21H14F5N7O2. The third-order valence-corrected chi connectivity index (χ3v) is 4.30. The maximum Gasteiger partial charge on any atom is 0.422 e. The van der Waals surface area contributed by atoms with Gasteiger partial charge in [0.2, 0.25) is 5.95 Å². The van der Waals surface area contributed by atoms with Crippen LogP contribution in [0.15, 0.2) is 61.3 Å². The highest BCUT2D eigenvalue weighted by molar-refractivity contribution is 6.03. The summed E-state index contributed by atoms with van der Waals surface area (Å²) < 4.78 is 70.6. The lowest BCUT2D eigenvalue weighted by molar-refractivity contribution is -0.153. The van der Waals surface area contributed by atoms with E-state index in [1.807, 2.05) is 0 Å². The van der Waals surface area contributed by atoms with Crippen molar-refractivity contribution in [2.75, 3.05) is 17.2 Å². The van der Waals surface area contributed by atoms with Gasteiger partial charge in [0.25, 0.3) is 5.91 Å². The molecule has 1 amide bonds. The van der Waals surface area contributed by atoms with Crippen LogP contribution in [0.25, 0.3) is 5.69 Å². The summed E-state index contributed by atoms with van der Waals surface area (Å²) >= 11 is 0. The van der Waals surface area contributed by atoms with Crippen LogP contribution in [0, 0.1) is 11.6 Å². The lowest BCUT2D eigenvalue weighted by Gasteiger charge is -2.13. The molecule has 0 unspecified atom stereocenters. The van der Waals surface area contributed by atoms with Crippen LogP contribution in [0.1, 0.15) is 10.5 Å². The molecule has 1 aromatic carbocycles. The lowest BCUT2D eigenvalue weighted by atomic mass is 10.3. The highest BCUT2D eigenvalue weighted by Gasteiger charge is 2.29. The summed E-state index contributed by atoms with van der Waals surface area (Å²) in [5, 5.41) is 9.11. The molecule has 14 heteroatoms. The number of hydrogen-bond donors (Lipinski definition) is 2. The Morgan fingerprint density at radius 1 is 1.09 bits per heavy atom.